The van der Waals surface area contributed by atoms with Gasteiger partial charge < -0.3 is 0 Å². The molecule has 14 heavy (non-hydrogen) atoms. The van der Waals surface area contributed by atoms with E-state index in [1.165, 1.54) is 9.79 Å². The molecule has 0 aliphatic heterocycles. The van der Waals surface area contributed by atoms with E-state index in [-0.39, 0.29) is 0 Å². The van der Waals surface area contributed by atoms with Gasteiger partial charge in [-0.15, -0.1) is 23.5 Å². The van der Waals surface area contributed by atoms with Crippen molar-refractivity contribution in [2.24, 2.45) is 0 Å². The van der Waals surface area contributed by atoms with E-state index in [1.54, 1.807) is 0 Å². The highest BCUT2D eigenvalue weighted by molar-refractivity contribution is 8.00. The topological polar surface area (TPSA) is 0 Å². The van der Waals surface area contributed by atoms with E-state index in [4.69, 9.17) is 0 Å². The van der Waals surface area contributed by atoms with E-state index >= 15 is 0 Å². The average Bonchev–Trinajstić information content (AvgIpc) is 2.01. The van der Waals surface area contributed by atoms with E-state index in [0.29, 0.717) is 10.5 Å². The highest BCUT2D eigenvalue weighted by Crippen LogP contribution is 2.29. The minimum absolute atomic E-state index is 0.661. The smallest absolute Gasteiger partial charge is 0.00857 e. The molecule has 0 N–H and O–H groups in total. The Morgan fingerprint density at radius 2 is 1.29 bits per heavy atom. The Kier molecular flexibility index (Phi) is 4.90. The number of rotatable bonds is 4. The summed E-state index contributed by atoms with van der Waals surface area (Å²) in [5.41, 5.74) is 0. The first-order chi connectivity index (χ1) is 6.58. The van der Waals surface area contributed by atoms with Crippen LogP contribution in [0.1, 0.15) is 27.7 Å². The SMILES string of the molecule is CC(C)Sc1cccc(SC(C)C)c1. The van der Waals surface area contributed by atoms with Crippen molar-refractivity contribution < 1.29 is 0 Å². The molecule has 0 aromatic heterocycles. The largest absolute Gasteiger partial charge is 0.123 e. The van der Waals surface area contributed by atoms with Gasteiger partial charge in [-0.25, -0.2) is 0 Å². The Morgan fingerprint density at radius 1 is 0.857 bits per heavy atom. The molecule has 0 atom stereocenters. The first-order valence-electron chi connectivity index (χ1n) is 5.01. The van der Waals surface area contributed by atoms with Crippen LogP contribution in [0, 0.1) is 0 Å². The Bertz CT molecular complexity index is 254. The van der Waals surface area contributed by atoms with Crippen LogP contribution in [0.4, 0.5) is 0 Å². The van der Waals surface area contributed by atoms with Crippen LogP contribution < -0.4 is 0 Å². The van der Waals surface area contributed by atoms with Gasteiger partial charge >= 0.3 is 0 Å². The molecule has 0 amide bonds. The van der Waals surface area contributed by atoms with Gasteiger partial charge in [0.05, 0.1) is 0 Å². The number of benzene rings is 1. The summed E-state index contributed by atoms with van der Waals surface area (Å²) in [6.45, 7) is 8.92. The monoisotopic (exact) mass is 226 g/mol. The van der Waals surface area contributed by atoms with Gasteiger partial charge in [0.2, 0.25) is 0 Å². The van der Waals surface area contributed by atoms with E-state index in [1.807, 2.05) is 23.5 Å². The van der Waals surface area contributed by atoms with Gasteiger partial charge in [0.15, 0.2) is 0 Å². The fourth-order valence-electron chi connectivity index (χ4n) is 1.17. The fourth-order valence-corrected chi connectivity index (χ4v) is 3.03. The molecule has 0 unspecified atom stereocenters. The number of hydrogen-bond donors (Lipinski definition) is 0. The zero-order valence-corrected chi connectivity index (χ0v) is 10.9. The van der Waals surface area contributed by atoms with Gasteiger partial charge in [-0.1, -0.05) is 33.8 Å². The molecule has 0 spiro atoms. The van der Waals surface area contributed by atoms with Crippen LogP contribution in [0.5, 0.6) is 0 Å². The van der Waals surface area contributed by atoms with Crippen LogP contribution in [0.15, 0.2) is 34.1 Å². The van der Waals surface area contributed by atoms with Crippen molar-refractivity contribution in [2.75, 3.05) is 0 Å². The summed E-state index contributed by atoms with van der Waals surface area (Å²) in [6.07, 6.45) is 0. The van der Waals surface area contributed by atoms with E-state index in [2.05, 4.69) is 52.0 Å². The molecular formula is C12H18S2. The fraction of sp³-hybridized carbons (Fsp3) is 0.500. The summed E-state index contributed by atoms with van der Waals surface area (Å²) in [7, 11) is 0. The third-order valence-corrected chi connectivity index (χ3v) is 3.54. The van der Waals surface area contributed by atoms with E-state index < -0.39 is 0 Å². The van der Waals surface area contributed by atoms with Crippen molar-refractivity contribution in [1.29, 1.82) is 0 Å². The second kappa shape index (κ2) is 5.72. The number of hydrogen-bond acceptors (Lipinski definition) is 2. The van der Waals surface area contributed by atoms with Crippen molar-refractivity contribution in [3.8, 4) is 0 Å². The predicted molar refractivity (Wildman–Crippen MR) is 68.4 cm³/mol. The molecule has 2 heteroatoms. The van der Waals surface area contributed by atoms with Crippen molar-refractivity contribution in [3.63, 3.8) is 0 Å². The molecule has 0 heterocycles. The molecule has 1 rings (SSSR count). The average molecular weight is 226 g/mol. The van der Waals surface area contributed by atoms with Gasteiger partial charge in [0.25, 0.3) is 0 Å². The lowest BCUT2D eigenvalue weighted by Gasteiger charge is -2.08. The van der Waals surface area contributed by atoms with Crippen LogP contribution in [0.2, 0.25) is 0 Å². The second-order valence-corrected chi connectivity index (χ2v) is 7.11. The van der Waals surface area contributed by atoms with E-state index in [0.717, 1.165) is 0 Å². The summed E-state index contributed by atoms with van der Waals surface area (Å²) in [5.74, 6) is 0. The van der Waals surface area contributed by atoms with E-state index in [9.17, 15) is 0 Å². The summed E-state index contributed by atoms with van der Waals surface area (Å²) < 4.78 is 0. The second-order valence-electron chi connectivity index (χ2n) is 3.81. The Hall–Kier alpha value is -0.0800. The maximum atomic E-state index is 2.29. The van der Waals surface area contributed by atoms with Crippen LogP contribution >= 0.6 is 23.5 Å². The maximum absolute atomic E-state index is 2.29. The molecule has 0 aliphatic rings. The zero-order chi connectivity index (χ0) is 10.6. The van der Waals surface area contributed by atoms with Crippen molar-refractivity contribution >= 4 is 23.5 Å². The highest BCUT2D eigenvalue weighted by Gasteiger charge is 2.01. The van der Waals surface area contributed by atoms with Crippen molar-refractivity contribution in [3.05, 3.63) is 24.3 Å². The summed E-state index contributed by atoms with van der Waals surface area (Å²) in [6, 6.07) is 8.81. The lowest BCUT2D eigenvalue weighted by atomic mass is 10.4. The normalized spacial score (nSPS) is 11.3. The van der Waals surface area contributed by atoms with Gasteiger partial charge in [-0.3, -0.25) is 0 Å². The highest BCUT2D eigenvalue weighted by atomic mass is 32.2. The lowest BCUT2D eigenvalue weighted by Crippen LogP contribution is -1.88. The van der Waals surface area contributed by atoms with Gasteiger partial charge in [-0.2, -0.15) is 0 Å². The molecule has 0 fully saturated rings. The predicted octanol–water partition coefficient (Wildman–Crippen LogP) is 4.69. The van der Waals surface area contributed by atoms with Gasteiger partial charge in [0.1, 0.15) is 0 Å². The maximum Gasteiger partial charge on any atom is 0.00857 e. The van der Waals surface area contributed by atoms with Crippen LogP contribution in [0.3, 0.4) is 0 Å². The third-order valence-electron chi connectivity index (χ3n) is 1.55. The Balaban J connectivity index is 2.68. The minimum Gasteiger partial charge on any atom is -0.123 e. The summed E-state index contributed by atoms with van der Waals surface area (Å²) in [4.78, 5) is 2.76. The molecule has 0 radical (unpaired) electrons. The first-order valence-corrected chi connectivity index (χ1v) is 6.77. The summed E-state index contributed by atoms with van der Waals surface area (Å²) in [5, 5.41) is 1.32. The summed E-state index contributed by atoms with van der Waals surface area (Å²) >= 11 is 3.85. The van der Waals surface area contributed by atoms with Crippen LogP contribution in [0.25, 0.3) is 0 Å². The third kappa shape index (κ3) is 4.43. The molecule has 0 saturated carbocycles. The van der Waals surface area contributed by atoms with Crippen LogP contribution in [-0.4, -0.2) is 10.5 Å². The minimum atomic E-state index is 0.661. The molecule has 78 valence electrons. The molecule has 0 aliphatic carbocycles. The first kappa shape index (κ1) is 12.0. The molecule has 0 nitrogen and oxygen atoms in total. The zero-order valence-electron chi connectivity index (χ0n) is 9.28. The number of thioether (sulfide) groups is 2. The Labute approximate surface area is 95.9 Å². The Morgan fingerprint density at radius 3 is 1.64 bits per heavy atom. The lowest BCUT2D eigenvalue weighted by molar-refractivity contribution is 1.10. The molecule has 1 aromatic carbocycles. The standard InChI is InChI=1S/C12H18S2/c1-9(2)13-11-6-5-7-12(8-11)14-10(3)4/h5-10H,1-4H3. The van der Waals surface area contributed by atoms with Crippen molar-refractivity contribution in [1.82, 2.24) is 0 Å². The molecule has 0 bridgehead atoms. The van der Waals surface area contributed by atoms with Gasteiger partial charge in [-0.05, 0) is 18.2 Å². The van der Waals surface area contributed by atoms with Crippen LogP contribution in [-0.2, 0) is 0 Å². The molecular weight excluding hydrogens is 208 g/mol. The van der Waals surface area contributed by atoms with Gasteiger partial charge in [0, 0.05) is 20.3 Å². The molecule has 1 aromatic rings. The van der Waals surface area contributed by atoms with Crippen molar-refractivity contribution in [2.45, 2.75) is 48.0 Å². The molecule has 0 saturated heterocycles. The quantitative estimate of drug-likeness (QED) is 0.683.